The second-order valence-electron chi connectivity index (χ2n) is 10.8. The third-order valence-electron chi connectivity index (χ3n) is 7.31. The number of likely N-dealkylation sites (tertiary alicyclic amines) is 1. The van der Waals surface area contributed by atoms with Crippen LogP contribution in [-0.2, 0) is 9.53 Å². The Labute approximate surface area is 249 Å². The first-order valence-electron chi connectivity index (χ1n) is 14.0. The van der Waals surface area contributed by atoms with Crippen LogP contribution in [0.1, 0.15) is 26.3 Å². The van der Waals surface area contributed by atoms with E-state index in [1.807, 2.05) is 44.2 Å². The Bertz CT molecular complexity index is 1740. The first-order chi connectivity index (χ1) is 20.7. The Hall–Kier alpha value is -4.99. The van der Waals surface area contributed by atoms with Crippen LogP contribution >= 0.6 is 0 Å². The largest absolute Gasteiger partial charge is 0.457 e. The molecule has 3 heterocycles. The highest BCUT2D eigenvalue weighted by Gasteiger charge is 2.33. The van der Waals surface area contributed by atoms with E-state index in [2.05, 4.69) is 21.4 Å². The summed E-state index contributed by atoms with van der Waals surface area (Å²) in [5, 5.41) is 13.1. The summed E-state index contributed by atoms with van der Waals surface area (Å²) in [6.45, 7) is 5.47. The molecule has 1 saturated heterocycles. The van der Waals surface area contributed by atoms with Gasteiger partial charge in [0.2, 0.25) is 0 Å². The topological polar surface area (TPSA) is 153 Å². The van der Waals surface area contributed by atoms with Gasteiger partial charge < -0.3 is 25.4 Å². The van der Waals surface area contributed by atoms with Crippen molar-refractivity contribution in [3.05, 3.63) is 83.1 Å². The molecule has 1 fully saturated rings. The normalized spacial score (nSPS) is 15.5. The number of hydrogen-bond acceptors (Lipinski definition) is 9. The number of amides is 1. The van der Waals surface area contributed by atoms with E-state index >= 15 is 0 Å². The number of nitrogen functional groups attached to an aromatic ring is 1. The van der Waals surface area contributed by atoms with Crippen molar-refractivity contribution in [3.63, 3.8) is 0 Å². The summed E-state index contributed by atoms with van der Waals surface area (Å²) in [5.74, 6) is 1.09. The number of ether oxygens (including phenoxy) is 2. The van der Waals surface area contributed by atoms with E-state index in [1.54, 1.807) is 46.9 Å². The molecule has 1 aliphatic rings. The van der Waals surface area contributed by atoms with Gasteiger partial charge in [0.1, 0.15) is 35.0 Å². The first-order valence-corrected chi connectivity index (χ1v) is 14.0. The number of methoxy groups -OCH3 is 1. The fraction of sp³-hybridized carbons (Fsp3) is 0.323. The molecule has 12 heteroatoms. The standard InChI is InChI=1S/C31H34N8O4/c1-31(2,36-14-16-42-3)17-21(18-32)29(40)37-15-13-23(19-37)39-28-26(27(33)34-20-35-28)38(30(39)41)22-9-11-25(12-10-22)43-24-7-5-4-6-8-24/h4-12,17,20,23,36H,13-16,19H2,1-3H3,(H2,33,34,35)/b21-17-/t23-/m0/s1. The van der Waals surface area contributed by atoms with Gasteiger partial charge in [-0.15, -0.1) is 0 Å². The van der Waals surface area contributed by atoms with Crippen LogP contribution in [0.2, 0.25) is 0 Å². The number of nitrogens with two attached hydrogens (primary N) is 1. The van der Waals surface area contributed by atoms with Crippen LogP contribution in [0.15, 0.2) is 77.4 Å². The van der Waals surface area contributed by atoms with Crippen molar-refractivity contribution in [2.24, 2.45) is 0 Å². The molecule has 0 radical (unpaired) electrons. The average Bonchev–Trinajstić information content (AvgIpc) is 3.59. The molecule has 2 aromatic carbocycles. The second kappa shape index (κ2) is 12.5. The molecule has 222 valence electrons. The average molecular weight is 583 g/mol. The van der Waals surface area contributed by atoms with Crippen LogP contribution in [0.3, 0.4) is 0 Å². The van der Waals surface area contributed by atoms with Crippen molar-refractivity contribution >= 4 is 22.9 Å². The molecule has 3 N–H and O–H groups in total. The molecule has 0 spiro atoms. The third kappa shape index (κ3) is 6.28. The van der Waals surface area contributed by atoms with Crippen molar-refractivity contribution < 1.29 is 14.3 Å². The van der Waals surface area contributed by atoms with E-state index in [0.29, 0.717) is 54.5 Å². The Balaban J connectivity index is 1.42. The molecule has 2 aromatic heterocycles. The maximum atomic E-state index is 14.0. The molecule has 0 unspecified atom stereocenters. The summed E-state index contributed by atoms with van der Waals surface area (Å²) in [7, 11) is 1.61. The van der Waals surface area contributed by atoms with Crippen molar-refractivity contribution in [2.45, 2.75) is 31.8 Å². The van der Waals surface area contributed by atoms with Gasteiger partial charge in [0.15, 0.2) is 11.5 Å². The Morgan fingerprint density at radius 1 is 1.16 bits per heavy atom. The molecule has 1 atom stereocenters. The maximum Gasteiger partial charge on any atom is 0.335 e. The number of imidazole rings is 1. The van der Waals surface area contributed by atoms with Gasteiger partial charge in [0.25, 0.3) is 5.91 Å². The van der Waals surface area contributed by atoms with E-state index in [1.165, 1.54) is 10.9 Å². The molecular formula is C31H34N8O4. The highest BCUT2D eigenvalue weighted by Crippen LogP contribution is 2.29. The van der Waals surface area contributed by atoms with Crippen LogP contribution in [0.25, 0.3) is 16.9 Å². The summed E-state index contributed by atoms with van der Waals surface area (Å²) in [6.07, 6.45) is 3.46. The van der Waals surface area contributed by atoms with Crippen LogP contribution in [0, 0.1) is 11.3 Å². The molecule has 0 aliphatic carbocycles. The van der Waals surface area contributed by atoms with E-state index in [-0.39, 0.29) is 35.6 Å². The number of carbonyl (C=O) groups is 1. The van der Waals surface area contributed by atoms with Gasteiger partial charge in [-0.1, -0.05) is 18.2 Å². The minimum atomic E-state index is -0.598. The molecule has 1 amide bonds. The molecule has 43 heavy (non-hydrogen) atoms. The second-order valence-corrected chi connectivity index (χ2v) is 10.8. The first kappa shape index (κ1) is 29.5. The summed E-state index contributed by atoms with van der Waals surface area (Å²) in [6, 6.07) is 18.2. The molecular weight excluding hydrogens is 548 g/mol. The predicted octanol–water partition coefficient (Wildman–Crippen LogP) is 3.19. The molecule has 0 saturated carbocycles. The molecule has 1 aliphatic heterocycles. The number of nitrogens with zero attached hydrogens (tertiary/aromatic N) is 6. The zero-order valence-corrected chi connectivity index (χ0v) is 24.4. The van der Waals surface area contributed by atoms with E-state index in [9.17, 15) is 14.9 Å². The number of carbonyl (C=O) groups excluding carboxylic acids is 1. The van der Waals surface area contributed by atoms with Gasteiger partial charge in [-0.2, -0.15) is 5.26 Å². The highest BCUT2D eigenvalue weighted by molar-refractivity contribution is 5.97. The monoisotopic (exact) mass is 582 g/mol. The predicted molar refractivity (Wildman–Crippen MR) is 162 cm³/mol. The van der Waals surface area contributed by atoms with Crippen LogP contribution < -0.4 is 21.5 Å². The van der Waals surface area contributed by atoms with Crippen molar-refractivity contribution in [1.82, 2.24) is 29.3 Å². The van der Waals surface area contributed by atoms with Gasteiger partial charge >= 0.3 is 5.69 Å². The Morgan fingerprint density at radius 3 is 2.58 bits per heavy atom. The number of benzene rings is 2. The van der Waals surface area contributed by atoms with Crippen LogP contribution in [0.5, 0.6) is 11.5 Å². The van der Waals surface area contributed by atoms with Crippen molar-refractivity contribution in [1.29, 1.82) is 5.26 Å². The van der Waals surface area contributed by atoms with Crippen LogP contribution in [-0.4, -0.2) is 68.8 Å². The van der Waals surface area contributed by atoms with E-state index in [4.69, 9.17) is 15.2 Å². The highest BCUT2D eigenvalue weighted by atomic mass is 16.5. The summed E-state index contributed by atoms with van der Waals surface area (Å²) in [5.41, 5.74) is 6.69. The number of rotatable bonds is 10. The zero-order valence-electron chi connectivity index (χ0n) is 24.4. The fourth-order valence-corrected chi connectivity index (χ4v) is 5.26. The number of para-hydroxylation sites is 1. The molecule has 12 nitrogen and oxygen atoms in total. The number of hydrogen-bond donors (Lipinski definition) is 2. The third-order valence-corrected chi connectivity index (χ3v) is 7.31. The van der Waals surface area contributed by atoms with Crippen molar-refractivity contribution in [3.8, 4) is 23.3 Å². The van der Waals surface area contributed by atoms with Gasteiger partial charge in [-0.3, -0.25) is 13.9 Å². The minimum Gasteiger partial charge on any atom is -0.457 e. The molecule has 4 aromatic rings. The zero-order chi connectivity index (χ0) is 30.6. The minimum absolute atomic E-state index is 0.0368. The lowest BCUT2D eigenvalue weighted by Crippen LogP contribution is -2.40. The quantitative estimate of drug-likeness (QED) is 0.163. The number of aromatic nitrogens is 4. The van der Waals surface area contributed by atoms with Gasteiger partial charge in [-0.05, 0) is 62.7 Å². The van der Waals surface area contributed by atoms with E-state index in [0.717, 1.165) is 0 Å². The fourth-order valence-electron chi connectivity index (χ4n) is 5.26. The SMILES string of the molecule is COCCNC(C)(C)/C=C(/C#N)C(=O)N1CC[C@H](n2c(=O)n(-c3ccc(Oc4ccccc4)cc3)c3c(N)ncnc32)C1. The molecule has 0 bridgehead atoms. The number of fused-ring (bicyclic) bond motifs is 1. The lowest BCUT2D eigenvalue weighted by molar-refractivity contribution is -0.125. The number of anilines is 1. The number of nitrogens with one attached hydrogen (secondary N) is 1. The van der Waals surface area contributed by atoms with Gasteiger partial charge in [0, 0.05) is 32.3 Å². The lowest BCUT2D eigenvalue weighted by atomic mass is 10.0. The Kier molecular flexibility index (Phi) is 8.56. The van der Waals surface area contributed by atoms with E-state index < -0.39 is 5.54 Å². The summed E-state index contributed by atoms with van der Waals surface area (Å²) < 4.78 is 14.0. The Morgan fingerprint density at radius 2 is 1.88 bits per heavy atom. The van der Waals surface area contributed by atoms with Crippen molar-refractivity contribution in [2.75, 3.05) is 39.1 Å². The van der Waals surface area contributed by atoms with Crippen LogP contribution in [0.4, 0.5) is 5.82 Å². The van der Waals surface area contributed by atoms with Gasteiger partial charge in [-0.25, -0.2) is 14.8 Å². The smallest absolute Gasteiger partial charge is 0.335 e. The number of nitriles is 1. The van der Waals surface area contributed by atoms with Gasteiger partial charge in [0.05, 0.1) is 18.3 Å². The summed E-state index contributed by atoms with van der Waals surface area (Å²) >= 11 is 0. The lowest BCUT2D eigenvalue weighted by Gasteiger charge is -2.24. The molecule has 5 rings (SSSR count). The maximum absolute atomic E-state index is 14.0. The summed E-state index contributed by atoms with van der Waals surface area (Å²) in [4.78, 5) is 37.5.